The molecule has 3 N–H and O–H groups in total. The van der Waals surface area contributed by atoms with E-state index in [2.05, 4.69) is 20.4 Å². The molecule has 0 aromatic carbocycles. The lowest BCUT2D eigenvalue weighted by atomic mass is 10.3. The molecule has 0 amide bonds. The smallest absolute Gasteiger partial charge is 0.253 e. The van der Waals surface area contributed by atoms with E-state index in [9.17, 15) is 4.79 Å². The first-order valence-corrected chi connectivity index (χ1v) is 6.79. The standard InChI is InChI=1S/C12H12N6OS/c1-7-4-10(19)18(6-14-7)5-9-15-11(17-13)8-2-3-20-12(8)16-9/h2-4,6H,5,13H2,1H3,(H,15,16,17). The molecule has 0 spiro atoms. The van der Waals surface area contributed by atoms with E-state index >= 15 is 0 Å². The monoisotopic (exact) mass is 288 g/mol. The number of hydrogen-bond donors (Lipinski definition) is 2. The molecule has 3 aromatic rings. The molecular weight excluding hydrogens is 276 g/mol. The Morgan fingerprint density at radius 1 is 1.45 bits per heavy atom. The fourth-order valence-electron chi connectivity index (χ4n) is 1.87. The number of aryl methyl sites for hydroxylation is 1. The highest BCUT2D eigenvalue weighted by Gasteiger charge is 2.09. The summed E-state index contributed by atoms with van der Waals surface area (Å²) in [4.78, 5) is 25.5. The molecule has 20 heavy (non-hydrogen) atoms. The van der Waals surface area contributed by atoms with E-state index in [1.807, 2.05) is 11.4 Å². The second kappa shape index (κ2) is 4.99. The van der Waals surface area contributed by atoms with Gasteiger partial charge < -0.3 is 5.43 Å². The van der Waals surface area contributed by atoms with Crippen LogP contribution in [-0.4, -0.2) is 19.5 Å². The average molecular weight is 288 g/mol. The van der Waals surface area contributed by atoms with Crippen molar-refractivity contribution in [3.8, 4) is 0 Å². The topological polar surface area (TPSA) is 98.7 Å². The average Bonchev–Trinajstić information content (AvgIpc) is 2.89. The van der Waals surface area contributed by atoms with Crippen molar-refractivity contribution < 1.29 is 0 Å². The number of hydrogen-bond acceptors (Lipinski definition) is 7. The molecule has 3 heterocycles. The van der Waals surface area contributed by atoms with Gasteiger partial charge >= 0.3 is 0 Å². The van der Waals surface area contributed by atoms with Crippen molar-refractivity contribution in [2.45, 2.75) is 13.5 Å². The summed E-state index contributed by atoms with van der Waals surface area (Å²) in [5.41, 5.74) is 3.11. The van der Waals surface area contributed by atoms with Crippen molar-refractivity contribution in [1.82, 2.24) is 19.5 Å². The van der Waals surface area contributed by atoms with E-state index < -0.39 is 0 Å². The van der Waals surface area contributed by atoms with Crippen molar-refractivity contribution in [3.05, 3.63) is 45.7 Å². The van der Waals surface area contributed by atoms with Crippen molar-refractivity contribution in [1.29, 1.82) is 0 Å². The van der Waals surface area contributed by atoms with Gasteiger partial charge in [-0.2, -0.15) is 0 Å². The predicted molar refractivity (Wildman–Crippen MR) is 77.6 cm³/mol. The fraction of sp³-hybridized carbons (Fsp3) is 0.167. The van der Waals surface area contributed by atoms with Gasteiger partial charge in [-0.05, 0) is 18.4 Å². The predicted octanol–water partition coefficient (Wildman–Crippen LogP) is 0.890. The number of hydrazine groups is 1. The Bertz CT molecular complexity index is 824. The highest BCUT2D eigenvalue weighted by atomic mass is 32.1. The largest absolute Gasteiger partial charge is 0.308 e. The maximum Gasteiger partial charge on any atom is 0.253 e. The summed E-state index contributed by atoms with van der Waals surface area (Å²) in [6.07, 6.45) is 1.50. The summed E-state index contributed by atoms with van der Waals surface area (Å²) < 4.78 is 1.46. The third-order valence-corrected chi connectivity index (χ3v) is 3.64. The minimum absolute atomic E-state index is 0.130. The summed E-state index contributed by atoms with van der Waals surface area (Å²) in [6.45, 7) is 2.03. The lowest BCUT2D eigenvalue weighted by Gasteiger charge is -2.07. The SMILES string of the molecule is Cc1cc(=O)n(Cc2nc(NN)c3ccsc3n2)cn1. The van der Waals surface area contributed by atoms with Crippen LogP contribution in [0.4, 0.5) is 5.82 Å². The molecule has 0 aliphatic rings. The Hall–Kier alpha value is -2.32. The Labute approximate surface area is 118 Å². The Kier molecular flexibility index (Phi) is 3.17. The zero-order chi connectivity index (χ0) is 14.1. The van der Waals surface area contributed by atoms with Crippen molar-refractivity contribution >= 4 is 27.4 Å². The number of thiophene rings is 1. The van der Waals surface area contributed by atoms with Crippen molar-refractivity contribution in [2.75, 3.05) is 5.43 Å². The van der Waals surface area contributed by atoms with Crippen molar-refractivity contribution in [3.63, 3.8) is 0 Å². The van der Waals surface area contributed by atoms with Crippen LogP contribution in [0.25, 0.3) is 10.2 Å². The summed E-state index contributed by atoms with van der Waals surface area (Å²) in [6, 6.07) is 3.38. The van der Waals surface area contributed by atoms with Gasteiger partial charge in [0, 0.05) is 11.8 Å². The lowest BCUT2D eigenvalue weighted by Crippen LogP contribution is -2.22. The summed E-state index contributed by atoms with van der Waals surface area (Å²) in [7, 11) is 0. The number of nitrogens with zero attached hydrogens (tertiary/aromatic N) is 4. The van der Waals surface area contributed by atoms with E-state index in [1.54, 1.807) is 6.92 Å². The van der Waals surface area contributed by atoms with Crippen LogP contribution >= 0.6 is 11.3 Å². The van der Waals surface area contributed by atoms with Gasteiger partial charge in [0.1, 0.15) is 4.83 Å². The molecular formula is C12H12N6OS. The van der Waals surface area contributed by atoms with Crippen LogP contribution < -0.4 is 16.8 Å². The number of aromatic nitrogens is 4. The maximum absolute atomic E-state index is 11.8. The first kappa shape index (κ1) is 12.7. The molecule has 0 bridgehead atoms. The van der Waals surface area contributed by atoms with Gasteiger partial charge in [-0.15, -0.1) is 11.3 Å². The summed E-state index contributed by atoms with van der Waals surface area (Å²) in [5.74, 6) is 6.54. The fourth-order valence-corrected chi connectivity index (χ4v) is 2.65. The van der Waals surface area contributed by atoms with E-state index in [4.69, 9.17) is 5.84 Å². The van der Waals surface area contributed by atoms with E-state index in [1.165, 1.54) is 28.3 Å². The zero-order valence-corrected chi connectivity index (χ0v) is 11.5. The van der Waals surface area contributed by atoms with Crippen LogP contribution in [-0.2, 0) is 6.54 Å². The van der Waals surface area contributed by atoms with Gasteiger partial charge in [0.2, 0.25) is 0 Å². The van der Waals surface area contributed by atoms with Crippen LogP contribution in [0, 0.1) is 6.92 Å². The quantitative estimate of drug-likeness (QED) is 0.548. The Morgan fingerprint density at radius 3 is 3.05 bits per heavy atom. The minimum Gasteiger partial charge on any atom is -0.308 e. The number of anilines is 1. The number of nitrogens with one attached hydrogen (secondary N) is 1. The molecule has 3 aromatic heterocycles. The highest BCUT2D eigenvalue weighted by Crippen LogP contribution is 2.24. The molecule has 0 aliphatic heterocycles. The highest BCUT2D eigenvalue weighted by molar-refractivity contribution is 7.16. The van der Waals surface area contributed by atoms with Gasteiger partial charge in [0.25, 0.3) is 5.56 Å². The number of nitrogens with two attached hydrogens (primary N) is 1. The normalized spacial score (nSPS) is 10.9. The van der Waals surface area contributed by atoms with Crippen LogP contribution in [0.5, 0.6) is 0 Å². The van der Waals surface area contributed by atoms with Gasteiger partial charge in [0.15, 0.2) is 11.6 Å². The first-order chi connectivity index (χ1) is 9.67. The Balaban J connectivity index is 2.04. The van der Waals surface area contributed by atoms with E-state index in [0.29, 0.717) is 17.3 Å². The van der Waals surface area contributed by atoms with E-state index in [-0.39, 0.29) is 12.1 Å². The van der Waals surface area contributed by atoms with Crippen LogP contribution in [0.2, 0.25) is 0 Å². The molecule has 0 saturated heterocycles. The summed E-state index contributed by atoms with van der Waals surface area (Å²) >= 11 is 1.50. The number of fused-ring (bicyclic) bond motifs is 1. The minimum atomic E-state index is -0.130. The molecule has 7 nitrogen and oxygen atoms in total. The molecule has 0 saturated carbocycles. The molecule has 3 rings (SSSR count). The molecule has 0 unspecified atom stereocenters. The van der Waals surface area contributed by atoms with Gasteiger partial charge in [-0.3, -0.25) is 9.36 Å². The molecule has 0 aliphatic carbocycles. The number of rotatable bonds is 3. The first-order valence-electron chi connectivity index (χ1n) is 5.91. The van der Waals surface area contributed by atoms with Gasteiger partial charge in [-0.1, -0.05) is 0 Å². The van der Waals surface area contributed by atoms with E-state index in [0.717, 1.165) is 10.2 Å². The zero-order valence-electron chi connectivity index (χ0n) is 10.7. The third-order valence-electron chi connectivity index (χ3n) is 2.84. The van der Waals surface area contributed by atoms with Crippen LogP contribution in [0.1, 0.15) is 11.5 Å². The van der Waals surface area contributed by atoms with Gasteiger partial charge in [-0.25, -0.2) is 20.8 Å². The van der Waals surface area contributed by atoms with Crippen molar-refractivity contribution in [2.24, 2.45) is 5.84 Å². The molecule has 8 heteroatoms. The molecule has 102 valence electrons. The number of nitrogen functional groups attached to an aromatic ring is 1. The molecule has 0 atom stereocenters. The maximum atomic E-state index is 11.8. The molecule has 0 fully saturated rings. The van der Waals surface area contributed by atoms with Gasteiger partial charge in [0.05, 0.1) is 18.3 Å². The van der Waals surface area contributed by atoms with Crippen LogP contribution in [0.3, 0.4) is 0 Å². The second-order valence-electron chi connectivity index (χ2n) is 4.27. The molecule has 0 radical (unpaired) electrons. The Morgan fingerprint density at radius 2 is 2.30 bits per heavy atom. The van der Waals surface area contributed by atoms with Crippen LogP contribution in [0.15, 0.2) is 28.6 Å². The third kappa shape index (κ3) is 2.26. The summed E-state index contributed by atoms with van der Waals surface area (Å²) in [5, 5.41) is 2.79. The second-order valence-corrected chi connectivity index (χ2v) is 5.16. The lowest BCUT2D eigenvalue weighted by molar-refractivity contribution is 0.697.